The lowest BCUT2D eigenvalue weighted by molar-refractivity contribution is 0.556. The molecular weight excluding hydrogens is 218 g/mol. The Labute approximate surface area is 103 Å². The number of aryl methyl sites for hydroxylation is 1. The summed E-state index contributed by atoms with van der Waals surface area (Å²) < 4.78 is 0. The predicted molar refractivity (Wildman–Crippen MR) is 70.7 cm³/mol. The average molecular weight is 236 g/mol. The minimum Gasteiger partial charge on any atom is -0.313 e. The molecule has 0 aliphatic heterocycles. The first-order chi connectivity index (χ1) is 7.69. The van der Waals surface area contributed by atoms with Crippen molar-refractivity contribution in [3.05, 3.63) is 34.3 Å². The van der Waals surface area contributed by atoms with Crippen molar-refractivity contribution in [3.63, 3.8) is 0 Å². The van der Waals surface area contributed by atoms with E-state index in [-0.39, 0.29) is 0 Å². The molecule has 1 unspecified atom stereocenters. The van der Waals surface area contributed by atoms with Crippen molar-refractivity contribution in [2.45, 2.75) is 32.7 Å². The molecule has 0 saturated heterocycles. The minimum absolute atomic E-state index is 0.359. The highest BCUT2D eigenvalue weighted by molar-refractivity contribution is 6.30. The Kier molecular flexibility index (Phi) is 5.38. The SMILES string of the molecule is CC#CCCC(NC)c1ccc(Cl)cc1C. The van der Waals surface area contributed by atoms with Crippen molar-refractivity contribution in [3.8, 4) is 11.8 Å². The second-order valence-corrected chi connectivity index (χ2v) is 4.24. The molecular formula is C14H18ClN. The van der Waals surface area contributed by atoms with Gasteiger partial charge in [0.25, 0.3) is 0 Å². The highest BCUT2D eigenvalue weighted by atomic mass is 35.5. The van der Waals surface area contributed by atoms with Crippen LogP contribution in [0.5, 0.6) is 0 Å². The maximum Gasteiger partial charge on any atom is 0.0408 e. The molecule has 86 valence electrons. The predicted octanol–water partition coefficient (Wildman–Crippen LogP) is 3.71. The molecule has 0 saturated carbocycles. The van der Waals surface area contributed by atoms with Crippen molar-refractivity contribution in [1.29, 1.82) is 0 Å². The van der Waals surface area contributed by atoms with E-state index in [1.54, 1.807) is 0 Å². The van der Waals surface area contributed by atoms with E-state index in [2.05, 4.69) is 30.1 Å². The monoisotopic (exact) mass is 235 g/mol. The standard InChI is InChI=1S/C14H18ClN/c1-4-5-6-7-14(16-3)13-9-8-12(15)10-11(13)2/h8-10,14,16H,6-7H2,1-3H3. The molecule has 1 rings (SSSR count). The Hall–Kier alpha value is -0.970. The number of benzene rings is 1. The summed E-state index contributed by atoms with van der Waals surface area (Å²) in [5, 5.41) is 4.12. The van der Waals surface area contributed by atoms with Crippen LogP contribution in [0, 0.1) is 18.8 Å². The van der Waals surface area contributed by atoms with Crippen LogP contribution in [-0.4, -0.2) is 7.05 Å². The molecule has 0 spiro atoms. The van der Waals surface area contributed by atoms with Crippen LogP contribution in [-0.2, 0) is 0 Å². The van der Waals surface area contributed by atoms with Gasteiger partial charge in [-0.3, -0.25) is 0 Å². The summed E-state index contributed by atoms with van der Waals surface area (Å²) in [5.74, 6) is 6.02. The van der Waals surface area contributed by atoms with Crippen LogP contribution < -0.4 is 5.32 Å². The molecule has 1 nitrogen and oxygen atoms in total. The van der Waals surface area contributed by atoms with Crippen LogP contribution in [0.2, 0.25) is 5.02 Å². The van der Waals surface area contributed by atoms with Gasteiger partial charge in [-0.2, -0.15) is 0 Å². The van der Waals surface area contributed by atoms with Crippen molar-refractivity contribution >= 4 is 11.6 Å². The van der Waals surface area contributed by atoms with Crippen LogP contribution in [0.3, 0.4) is 0 Å². The smallest absolute Gasteiger partial charge is 0.0408 e. The maximum absolute atomic E-state index is 5.95. The molecule has 0 aliphatic carbocycles. The zero-order valence-electron chi connectivity index (χ0n) is 10.1. The Morgan fingerprint density at radius 3 is 2.75 bits per heavy atom. The normalized spacial score (nSPS) is 11.8. The molecule has 0 aliphatic rings. The van der Waals surface area contributed by atoms with E-state index in [0.717, 1.165) is 17.9 Å². The summed E-state index contributed by atoms with van der Waals surface area (Å²) in [6, 6.07) is 6.41. The first-order valence-corrected chi connectivity index (χ1v) is 5.89. The molecule has 2 heteroatoms. The van der Waals surface area contributed by atoms with Crippen molar-refractivity contribution in [1.82, 2.24) is 5.32 Å². The first-order valence-electron chi connectivity index (χ1n) is 5.52. The molecule has 16 heavy (non-hydrogen) atoms. The van der Waals surface area contributed by atoms with Gasteiger partial charge in [0.2, 0.25) is 0 Å². The van der Waals surface area contributed by atoms with Gasteiger partial charge in [-0.25, -0.2) is 0 Å². The van der Waals surface area contributed by atoms with Gasteiger partial charge in [0.15, 0.2) is 0 Å². The topological polar surface area (TPSA) is 12.0 Å². The molecule has 0 aromatic heterocycles. The first kappa shape index (κ1) is 13.1. The van der Waals surface area contributed by atoms with Gasteiger partial charge in [0, 0.05) is 17.5 Å². The highest BCUT2D eigenvalue weighted by Gasteiger charge is 2.10. The van der Waals surface area contributed by atoms with E-state index in [9.17, 15) is 0 Å². The average Bonchev–Trinajstić information content (AvgIpc) is 2.26. The van der Waals surface area contributed by atoms with Crippen molar-refractivity contribution in [2.24, 2.45) is 0 Å². The molecule has 1 N–H and O–H groups in total. The van der Waals surface area contributed by atoms with Gasteiger partial charge < -0.3 is 5.32 Å². The second-order valence-electron chi connectivity index (χ2n) is 3.81. The third-order valence-electron chi connectivity index (χ3n) is 2.69. The van der Waals surface area contributed by atoms with Crippen molar-refractivity contribution < 1.29 is 0 Å². The molecule has 0 radical (unpaired) electrons. The second kappa shape index (κ2) is 6.58. The molecule has 0 fully saturated rings. The van der Waals surface area contributed by atoms with Gasteiger partial charge in [0.1, 0.15) is 0 Å². The lowest BCUT2D eigenvalue weighted by atomic mass is 9.98. The Balaban J connectivity index is 2.80. The fraction of sp³-hybridized carbons (Fsp3) is 0.429. The summed E-state index contributed by atoms with van der Waals surface area (Å²) in [7, 11) is 1.98. The number of nitrogens with one attached hydrogen (secondary N) is 1. The third-order valence-corrected chi connectivity index (χ3v) is 2.93. The maximum atomic E-state index is 5.95. The molecule has 1 atom stereocenters. The fourth-order valence-electron chi connectivity index (χ4n) is 1.83. The summed E-state index contributed by atoms with van der Waals surface area (Å²) in [5.41, 5.74) is 2.54. The third kappa shape index (κ3) is 3.56. The van der Waals surface area contributed by atoms with Crippen molar-refractivity contribution in [2.75, 3.05) is 7.05 Å². The van der Waals surface area contributed by atoms with E-state index in [4.69, 9.17) is 11.6 Å². The number of rotatable bonds is 4. The quantitative estimate of drug-likeness (QED) is 0.785. The van der Waals surface area contributed by atoms with Gasteiger partial charge in [0.05, 0.1) is 0 Å². The van der Waals surface area contributed by atoms with Crippen LogP contribution in [0.15, 0.2) is 18.2 Å². The summed E-state index contributed by atoms with van der Waals surface area (Å²) in [4.78, 5) is 0. The summed E-state index contributed by atoms with van der Waals surface area (Å²) in [6.45, 7) is 3.97. The molecule has 1 aromatic rings. The van der Waals surface area contributed by atoms with Gasteiger partial charge >= 0.3 is 0 Å². The zero-order chi connectivity index (χ0) is 12.0. The van der Waals surface area contributed by atoms with Gasteiger partial charge in [-0.05, 0) is 50.6 Å². The lowest BCUT2D eigenvalue weighted by Gasteiger charge is -2.18. The number of hydrogen-bond acceptors (Lipinski definition) is 1. The molecule has 0 heterocycles. The van der Waals surface area contributed by atoms with Crippen LogP contribution in [0.4, 0.5) is 0 Å². The van der Waals surface area contributed by atoms with Crippen LogP contribution >= 0.6 is 11.6 Å². The molecule has 0 amide bonds. The fourth-order valence-corrected chi connectivity index (χ4v) is 2.05. The number of halogens is 1. The van der Waals surface area contributed by atoms with Crippen LogP contribution in [0.1, 0.15) is 36.9 Å². The number of hydrogen-bond donors (Lipinski definition) is 1. The van der Waals surface area contributed by atoms with E-state index in [1.165, 1.54) is 11.1 Å². The van der Waals surface area contributed by atoms with Gasteiger partial charge in [-0.1, -0.05) is 17.7 Å². The molecule has 0 bridgehead atoms. The Morgan fingerprint density at radius 1 is 1.44 bits per heavy atom. The Morgan fingerprint density at radius 2 is 2.19 bits per heavy atom. The van der Waals surface area contributed by atoms with Gasteiger partial charge in [-0.15, -0.1) is 11.8 Å². The Bertz CT molecular complexity index is 401. The zero-order valence-corrected chi connectivity index (χ0v) is 10.9. The lowest BCUT2D eigenvalue weighted by Crippen LogP contribution is -2.17. The summed E-state index contributed by atoms with van der Waals surface area (Å²) in [6.07, 6.45) is 1.95. The van der Waals surface area contributed by atoms with E-state index < -0.39 is 0 Å². The largest absolute Gasteiger partial charge is 0.313 e. The van der Waals surface area contributed by atoms with Crippen LogP contribution in [0.25, 0.3) is 0 Å². The van der Waals surface area contributed by atoms with E-state index in [1.807, 2.05) is 26.1 Å². The van der Waals surface area contributed by atoms with E-state index >= 15 is 0 Å². The van der Waals surface area contributed by atoms with E-state index in [0.29, 0.717) is 6.04 Å². The highest BCUT2D eigenvalue weighted by Crippen LogP contribution is 2.24. The minimum atomic E-state index is 0.359. The summed E-state index contributed by atoms with van der Waals surface area (Å²) >= 11 is 5.95. The molecule has 1 aromatic carbocycles.